The van der Waals surface area contributed by atoms with Crippen molar-refractivity contribution in [1.29, 1.82) is 0 Å². The van der Waals surface area contributed by atoms with E-state index in [-0.39, 0.29) is 17.1 Å². The van der Waals surface area contributed by atoms with E-state index in [1.165, 1.54) is 0 Å². The topological polar surface area (TPSA) is 52.0 Å². The van der Waals surface area contributed by atoms with Crippen LogP contribution < -0.4 is 5.73 Å². The van der Waals surface area contributed by atoms with Crippen molar-refractivity contribution in [3.8, 4) is 22.4 Å². The molecule has 0 amide bonds. The summed E-state index contributed by atoms with van der Waals surface area (Å²) in [5.74, 6) is -4.12. The molecule has 0 radical (unpaired) electrons. The highest BCUT2D eigenvalue weighted by Gasteiger charge is 2.20. The van der Waals surface area contributed by atoms with Crippen LogP contribution in [0.2, 0.25) is 0 Å². The molecule has 106 valence electrons. The zero-order valence-electron chi connectivity index (χ0n) is 10.6. The van der Waals surface area contributed by atoms with Crippen molar-refractivity contribution in [2.75, 3.05) is 5.73 Å². The maximum atomic E-state index is 13.4. The van der Waals surface area contributed by atoms with Gasteiger partial charge in [0.1, 0.15) is 5.69 Å². The van der Waals surface area contributed by atoms with E-state index in [2.05, 4.69) is 5.16 Å². The summed E-state index contributed by atoms with van der Waals surface area (Å²) >= 11 is 0. The Balaban J connectivity index is 2.21. The van der Waals surface area contributed by atoms with E-state index in [0.717, 1.165) is 12.1 Å². The molecular formula is C15H9F3N2O. The maximum Gasteiger partial charge on any atom is 0.230 e. The van der Waals surface area contributed by atoms with Gasteiger partial charge >= 0.3 is 0 Å². The van der Waals surface area contributed by atoms with E-state index in [4.69, 9.17) is 10.3 Å². The molecule has 0 unspecified atom stereocenters. The Morgan fingerprint density at radius 2 is 1.52 bits per heavy atom. The van der Waals surface area contributed by atoms with Crippen LogP contribution in [-0.2, 0) is 0 Å². The molecule has 0 bridgehead atoms. The molecule has 2 N–H and O–H groups in total. The average Bonchev–Trinajstić information content (AvgIpc) is 2.87. The molecule has 1 heterocycles. The Kier molecular flexibility index (Phi) is 3.13. The summed E-state index contributed by atoms with van der Waals surface area (Å²) in [7, 11) is 0. The van der Waals surface area contributed by atoms with Gasteiger partial charge in [0.2, 0.25) is 5.88 Å². The molecule has 3 nitrogen and oxygen atoms in total. The Hall–Kier alpha value is -2.76. The number of rotatable bonds is 2. The minimum atomic E-state index is -1.53. The van der Waals surface area contributed by atoms with Crippen LogP contribution in [-0.4, -0.2) is 5.16 Å². The Morgan fingerprint density at radius 3 is 2.14 bits per heavy atom. The second-order valence-electron chi connectivity index (χ2n) is 4.39. The number of hydrogen-bond donors (Lipinski definition) is 1. The monoisotopic (exact) mass is 290 g/mol. The molecule has 6 heteroatoms. The van der Waals surface area contributed by atoms with Crippen LogP contribution in [0.5, 0.6) is 0 Å². The summed E-state index contributed by atoms with van der Waals surface area (Å²) in [6.45, 7) is 0. The fourth-order valence-corrected chi connectivity index (χ4v) is 2.08. The molecule has 0 saturated heterocycles. The average molecular weight is 290 g/mol. The number of nitrogen functional groups attached to an aromatic ring is 1. The summed E-state index contributed by atoms with van der Waals surface area (Å²) in [4.78, 5) is 0. The first-order chi connectivity index (χ1) is 10.1. The Morgan fingerprint density at radius 1 is 0.905 bits per heavy atom. The largest absolute Gasteiger partial charge is 0.367 e. The highest BCUT2D eigenvalue weighted by atomic mass is 19.2. The lowest BCUT2D eigenvalue weighted by Gasteiger charge is -2.04. The molecular weight excluding hydrogens is 281 g/mol. The van der Waals surface area contributed by atoms with Gasteiger partial charge in [-0.1, -0.05) is 35.5 Å². The number of nitrogens with two attached hydrogens (primary N) is 1. The van der Waals surface area contributed by atoms with Gasteiger partial charge in [0.15, 0.2) is 17.5 Å². The van der Waals surface area contributed by atoms with Gasteiger partial charge in [-0.05, 0) is 17.7 Å². The van der Waals surface area contributed by atoms with Gasteiger partial charge in [0.25, 0.3) is 0 Å². The summed E-state index contributed by atoms with van der Waals surface area (Å²) in [5, 5.41) is 3.72. The van der Waals surface area contributed by atoms with Gasteiger partial charge in [-0.3, -0.25) is 0 Å². The summed E-state index contributed by atoms with van der Waals surface area (Å²) in [5.41, 5.74) is 7.00. The van der Waals surface area contributed by atoms with Gasteiger partial charge in [0.05, 0.1) is 5.56 Å². The molecule has 0 fully saturated rings. The minimum absolute atomic E-state index is 0.0151. The third-order valence-corrected chi connectivity index (χ3v) is 3.04. The van der Waals surface area contributed by atoms with Crippen LogP contribution in [0.4, 0.5) is 19.1 Å². The molecule has 0 saturated carbocycles. The second kappa shape index (κ2) is 4.97. The lowest BCUT2D eigenvalue weighted by molar-refractivity contribution is 0.437. The fourth-order valence-electron chi connectivity index (χ4n) is 2.08. The van der Waals surface area contributed by atoms with Crippen LogP contribution in [0.3, 0.4) is 0 Å². The first-order valence-corrected chi connectivity index (χ1v) is 6.03. The van der Waals surface area contributed by atoms with E-state index >= 15 is 0 Å². The van der Waals surface area contributed by atoms with Crippen molar-refractivity contribution < 1.29 is 17.7 Å². The minimum Gasteiger partial charge on any atom is -0.367 e. The molecule has 3 rings (SSSR count). The van der Waals surface area contributed by atoms with E-state index in [1.54, 1.807) is 24.3 Å². The fraction of sp³-hybridized carbons (Fsp3) is 0. The van der Waals surface area contributed by atoms with Crippen LogP contribution in [0.15, 0.2) is 47.0 Å². The molecule has 0 aliphatic rings. The maximum absolute atomic E-state index is 13.4. The highest BCUT2D eigenvalue weighted by molar-refractivity contribution is 5.86. The molecule has 0 atom stereocenters. The summed E-state index contributed by atoms with van der Waals surface area (Å²) in [6, 6.07) is 10.6. The zero-order chi connectivity index (χ0) is 15.0. The lowest BCUT2D eigenvalue weighted by atomic mass is 10.0. The Labute approximate surface area is 117 Å². The number of aromatic nitrogens is 1. The highest BCUT2D eigenvalue weighted by Crippen LogP contribution is 2.36. The van der Waals surface area contributed by atoms with Gasteiger partial charge < -0.3 is 10.3 Å². The Bertz CT molecular complexity index is 777. The van der Waals surface area contributed by atoms with Crippen molar-refractivity contribution in [3.05, 3.63) is 59.9 Å². The third kappa shape index (κ3) is 2.24. The molecule has 0 spiro atoms. The number of nitrogens with zero attached hydrogens (tertiary/aromatic N) is 1. The quantitative estimate of drug-likeness (QED) is 0.725. The molecule has 21 heavy (non-hydrogen) atoms. The molecule has 0 aliphatic heterocycles. The molecule has 1 aromatic heterocycles. The second-order valence-corrected chi connectivity index (χ2v) is 4.39. The lowest BCUT2D eigenvalue weighted by Crippen LogP contribution is -1.93. The van der Waals surface area contributed by atoms with Gasteiger partial charge in [-0.15, -0.1) is 0 Å². The summed E-state index contributed by atoms with van der Waals surface area (Å²) in [6.07, 6.45) is 0. The smallest absolute Gasteiger partial charge is 0.230 e. The van der Waals surface area contributed by atoms with Crippen molar-refractivity contribution >= 4 is 5.88 Å². The van der Waals surface area contributed by atoms with Crippen molar-refractivity contribution in [2.24, 2.45) is 0 Å². The van der Waals surface area contributed by atoms with E-state index < -0.39 is 17.5 Å². The van der Waals surface area contributed by atoms with E-state index in [9.17, 15) is 13.2 Å². The first-order valence-electron chi connectivity index (χ1n) is 6.03. The number of benzene rings is 2. The normalized spacial score (nSPS) is 10.8. The van der Waals surface area contributed by atoms with Crippen molar-refractivity contribution in [1.82, 2.24) is 5.16 Å². The van der Waals surface area contributed by atoms with Crippen LogP contribution in [0.25, 0.3) is 22.4 Å². The molecule has 3 aromatic rings. The van der Waals surface area contributed by atoms with E-state index in [1.807, 2.05) is 6.07 Å². The number of hydrogen-bond acceptors (Lipinski definition) is 3. The van der Waals surface area contributed by atoms with Crippen molar-refractivity contribution in [2.45, 2.75) is 0 Å². The molecule has 2 aromatic carbocycles. The number of anilines is 1. The van der Waals surface area contributed by atoms with Gasteiger partial charge in [-0.2, -0.15) is 0 Å². The predicted octanol–water partition coefficient (Wildman–Crippen LogP) is 4.01. The van der Waals surface area contributed by atoms with Crippen molar-refractivity contribution in [3.63, 3.8) is 0 Å². The van der Waals surface area contributed by atoms with Crippen LogP contribution in [0, 0.1) is 17.5 Å². The number of halogens is 3. The van der Waals surface area contributed by atoms with Crippen LogP contribution >= 0.6 is 0 Å². The third-order valence-electron chi connectivity index (χ3n) is 3.04. The SMILES string of the molecule is Nc1onc(-c2cc(F)c(F)c(F)c2)c1-c1ccccc1. The zero-order valence-corrected chi connectivity index (χ0v) is 10.6. The standard InChI is InChI=1S/C15H9F3N2O/c16-10-6-9(7-11(17)13(10)18)14-12(15(19)21-20-14)8-4-2-1-3-5-8/h1-7H,19H2. The summed E-state index contributed by atoms with van der Waals surface area (Å²) < 4.78 is 44.7. The van der Waals surface area contributed by atoms with Gasteiger partial charge in [0, 0.05) is 5.56 Å². The molecule has 0 aliphatic carbocycles. The van der Waals surface area contributed by atoms with Gasteiger partial charge in [-0.25, -0.2) is 13.2 Å². The predicted molar refractivity (Wildman–Crippen MR) is 71.7 cm³/mol. The van der Waals surface area contributed by atoms with Crippen LogP contribution in [0.1, 0.15) is 0 Å². The first kappa shape index (κ1) is 13.2. The van der Waals surface area contributed by atoms with E-state index in [0.29, 0.717) is 11.1 Å².